The van der Waals surface area contributed by atoms with Gasteiger partial charge in [-0.1, -0.05) is 0 Å². The molecule has 1 unspecified atom stereocenters. The number of nitrogens with zero attached hydrogens (tertiary/aromatic N) is 2. The van der Waals surface area contributed by atoms with E-state index in [1.54, 1.807) is 7.11 Å². The van der Waals surface area contributed by atoms with Crippen LogP contribution in [-0.2, 0) is 0 Å². The minimum absolute atomic E-state index is 0.537. The fourth-order valence-corrected chi connectivity index (χ4v) is 3.35. The van der Waals surface area contributed by atoms with Crippen molar-refractivity contribution in [2.75, 3.05) is 56.7 Å². The maximum Gasteiger partial charge on any atom is 0.119 e. The van der Waals surface area contributed by atoms with E-state index in [1.807, 2.05) is 23.9 Å². The number of nitrogens with two attached hydrogens (primary N) is 1. The first-order chi connectivity index (χ1) is 10.3. The molecular formula is C16H27N3OS. The predicted octanol–water partition coefficient (Wildman–Crippen LogP) is 1.90. The van der Waals surface area contributed by atoms with Crippen molar-refractivity contribution in [2.45, 2.75) is 12.5 Å². The molecule has 0 radical (unpaired) electrons. The third-order valence-electron chi connectivity index (χ3n) is 4.20. The zero-order chi connectivity index (χ0) is 15.1. The van der Waals surface area contributed by atoms with Crippen molar-refractivity contribution >= 4 is 17.4 Å². The van der Waals surface area contributed by atoms with Crippen molar-refractivity contribution in [3.63, 3.8) is 0 Å². The monoisotopic (exact) mass is 309 g/mol. The molecule has 0 saturated carbocycles. The second-order valence-electron chi connectivity index (χ2n) is 5.39. The summed E-state index contributed by atoms with van der Waals surface area (Å²) in [5.41, 5.74) is 7.23. The summed E-state index contributed by atoms with van der Waals surface area (Å²) in [5, 5.41) is 0. The lowest BCUT2D eigenvalue weighted by atomic mass is 10.1. The number of piperazine rings is 1. The van der Waals surface area contributed by atoms with Gasteiger partial charge in [0.1, 0.15) is 5.75 Å². The average Bonchev–Trinajstić information content (AvgIpc) is 2.56. The van der Waals surface area contributed by atoms with Crippen molar-refractivity contribution in [1.29, 1.82) is 0 Å². The molecule has 1 fully saturated rings. The van der Waals surface area contributed by atoms with Crippen LogP contribution in [0, 0.1) is 0 Å². The van der Waals surface area contributed by atoms with Gasteiger partial charge in [0.2, 0.25) is 0 Å². The van der Waals surface area contributed by atoms with E-state index in [1.165, 1.54) is 17.9 Å². The Morgan fingerprint density at radius 1 is 1.19 bits per heavy atom. The van der Waals surface area contributed by atoms with Gasteiger partial charge in [-0.25, -0.2) is 0 Å². The number of anilines is 1. The van der Waals surface area contributed by atoms with E-state index in [0.29, 0.717) is 6.04 Å². The minimum atomic E-state index is 0.537. The highest BCUT2D eigenvalue weighted by Gasteiger charge is 2.22. The number of methoxy groups -OCH3 is 1. The molecule has 1 atom stereocenters. The standard InChI is InChI=1S/C16H27N3OS/c1-20-16-5-3-14(4-6-16)18-8-10-19(11-9-18)15(13-17)7-12-21-2/h3-6,15H,7-13,17H2,1-2H3. The van der Waals surface area contributed by atoms with Crippen molar-refractivity contribution < 1.29 is 4.74 Å². The van der Waals surface area contributed by atoms with Gasteiger partial charge in [-0.05, 0) is 42.7 Å². The molecule has 0 aromatic heterocycles. The predicted molar refractivity (Wildman–Crippen MR) is 92.6 cm³/mol. The van der Waals surface area contributed by atoms with Crippen molar-refractivity contribution in [2.24, 2.45) is 5.73 Å². The van der Waals surface area contributed by atoms with Gasteiger partial charge in [0, 0.05) is 44.5 Å². The Hall–Kier alpha value is -0.910. The fourth-order valence-electron chi connectivity index (χ4n) is 2.84. The topological polar surface area (TPSA) is 41.7 Å². The fraction of sp³-hybridized carbons (Fsp3) is 0.625. The summed E-state index contributed by atoms with van der Waals surface area (Å²) < 4.78 is 5.21. The summed E-state index contributed by atoms with van der Waals surface area (Å²) in [6.07, 6.45) is 3.36. The SMILES string of the molecule is COc1ccc(N2CCN(C(CN)CCSC)CC2)cc1. The van der Waals surface area contributed by atoms with E-state index in [2.05, 4.69) is 28.2 Å². The second kappa shape index (κ2) is 8.51. The zero-order valence-corrected chi connectivity index (χ0v) is 13.9. The highest BCUT2D eigenvalue weighted by molar-refractivity contribution is 7.98. The van der Waals surface area contributed by atoms with Crippen molar-refractivity contribution in [3.05, 3.63) is 24.3 Å². The van der Waals surface area contributed by atoms with E-state index in [4.69, 9.17) is 10.5 Å². The lowest BCUT2D eigenvalue weighted by Gasteiger charge is -2.40. The lowest BCUT2D eigenvalue weighted by Crippen LogP contribution is -2.52. The second-order valence-corrected chi connectivity index (χ2v) is 6.38. The van der Waals surface area contributed by atoms with Crippen LogP contribution in [0.15, 0.2) is 24.3 Å². The van der Waals surface area contributed by atoms with Crippen LogP contribution in [0.3, 0.4) is 0 Å². The van der Waals surface area contributed by atoms with Crippen LogP contribution in [-0.4, -0.2) is 62.8 Å². The van der Waals surface area contributed by atoms with Crippen LogP contribution in [0.5, 0.6) is 5.75 Å². The van der Waals surface area contributed by atoms with E-state index in [9.17, 15) is 0 Å². The number of hydrogen-bond acceptors (Lipinski definition) is 5. The molecule has 118 valence electrons. The summed E-state index contributed by atoms with van der Waals surface area (Å²) in [7, 11) is 1.70. The Morgan fingerprint density at radius 2 is 1.86 bits per heavy atom. The molecule has 1 saturated heterocycles. The van der Waals surface area contributed by atoms with Gasteiger partial charge in [0.15, 0.2) is 0 Å². The quantitative estimate of drug-likeness (QED) is 0.833. The molecule has 2 N–H and O–H groups in total. The van der Waals surface area contributed by atoms with Gasteiger partial charge in [0.05, 0.1) is 7.11 Å². The maximum atomic E-state index is 5.94. The number of thioether (sulfide) groups is 1. The van der Waals surface area contributed by atoms with E-state index >= 15 is 0 Å². The van der Waals surface area contributed by atoms with Gasteiger partial charge in [-0.3, -0.25) is 4.90 Å². The molecule has 5 heteroatoms. The van der Waals surface area contributed by atoms with Crippen LogP contribution in [0.1, 0.15) is 6.42 Å². The number of benzene rings is 1. The molecule has 0 bridgehead atoms. The van der Waals surface area contributed by atoms with Crippen LogP contribution in [0.2, 0.25) is 0 Å². The largest absolute Gasteiger partial charge is 0.497 e. The molecule has 1 heterocycles. The summed E-state index contributed by atoms with van der Waals surface area (Å²) in [5.74, 6) is 2.11. The highest BCUT2D eigenvalue weighted by Crippen LogP contribution is 2.21. The smallest absolute Gasteiger partial charge is 0.119 e. The van der Waals surface area contributed by atoms with Gasteiger partial charge >= 0.3 is 0 Å². The van der Waals surface area contributed by atoms with E-state index < -0.39 is 0 Å². The van der Waals surface area contributed by atoms with E-state index in [-0.39, 0.29) is 0 Å². The van der Waals surface area contributed by atoms with Gasteiger partial charge in [-0.2, -0.15) is 11.8 Å². The molecule has 21 heavy (non-hydrogen) atoms. The van der Waals surface area contributed by atoms with E-state index in [0.717, 1.165) is 38.5 Å². The van der Waals surface area contributed by atoms with Gasteiger partial charge in [-0.15, -0.1) is 0 Å². The first-order valence-electron chi connectivity index (χ1n) is 7.60. The Balaban J connectivity index is 1.86. The van der Waals surface area contributed by atoms with Crippen LogP contribution in [0.25, 0.3) is 0 Å². The molecule has 4 nitrogen and oxygen atoms in total. The molecule has 1 aromatic carbocycles. The highest BCUT2D eigenvalue weighted by atomic mass is 32.2. The summed E-state index contributed by atoms with van der Waals surface area (Å²) in [4.78, 5) is 4.99. The molecule has 1 aromatic rings. The third-order valence-corrected chi connectivity index (χ3v) is 4.84. The Bertz CT molecular complexity index is 404. The molecule has 0 spiro atoms. The normalized spacial score (nSPS) is 17.8. The van der Waals surface area contributed by atoms with Crippen LogP contribution in [0.4, 0.5) is 5.69 Å². The van der Waals surface area contributed by atoms with Gasteiger partial charge in [0.25, 0.3) is 0 Å². The Morgan fingerprint density at radius 3 is 2.38 bits per heavy atom. The molecule has 1 aliphatic rings. The summed E-state index contributed by atoms with van der Waals surface area (Å²) in [6, 6.07) is 8.88. The van der Waals surface area contributed by atoms with Gasteiger partial charge < -0.3 is 15.4 Å². The number of hydrogen-bond donors (Lipinski definition) is 1. The first kappa shape index (κ1) is 16.5. The molecular weight excluding hydrogens is 282 g/mol. The van der Waals surface area contributed by atoms with Crippen molar-refractivity contribution in [3.8, 4) is 5.75 Å². The van der Waals surface area contributed by atoms with Crippen LogP contribution >= 0.6 is 11.8 Å². The zero-order valence-electron chi connectivity index (χ0n) is 13.1. The number of ether oxygens (including phenoxy) is 1. The average molecular weight is 309 g/mol. The molecule has 0 aliphatic carbocycles. The maximum absolute atomic E-state index is 5.94. The van der Waals surface area contributed by atoms with Crippen molar-refractivity contribution in [1.82, 2.24) is 4.90 Å². The molecule has 2 rings (SSSR count). The third kappa shape index (κ3) is 4.53. The van der Waals surface area contributed by atoms with Crippen LogP contribution < -0.4 is 15.4 Å². The Kier molecular flexibility index (Phi) is 6.67. The Labute approximate surface area is 132 Å². The number of rotatable bonds is 7. The summed E-state index contributed by atoms with van der Waals surface area (Å²) in [6.45, 7) is 5.11. The summed E-state index contributed by atoms with van der Waals surface area (Å²) >= 11 is 1.91. The first-order valence-corrected chi connectivity index (χ1v) is 9.00. The molecule has 1 aliphatic heterocycles. The lowest BCUT2D eigenvalue weighted by molar-refractivity contribution is 0.185. The minimum Gasteiger partial charge on any atom is -0.497 e. The molecule has 0 amide bonds.